The summed E-state index contributed by atoms with van der Waals surface area (Å²) >= 11 is 11.7. The van der Waals surface area contributed by atoms with Crippen molar-refractivity contribution in [1.29, 1.82) is 0 Å². The molecule has 1 heterocycles. The second-order valence-corrected chi connectivity index (χ2v) is 5.25. The van der Waals surface area contributed by atoms with E-state index >= 15 is 0 Å². The molecule has 0 atom stereocenters. The molecule has 0 unspecified atom stereocenters. The predicted molar refractivity (Wildman–Crippen MR) is 83.9 cm³/mol. The molecule has 3 aromatic rings. The van der Waals surface area contributed by atoms with E-state index in [2.05, 4.69) is 10.2 Å². The lowest BCUT2D eigenvalue weighted by atomic mass is 10.1. The minimum atomic E-state index is 0.528. The van der Waals surface area contributed by atoms with Crippen LogP contribution in [0.3, 0.4) is 0 Å². The van der Waals surface area contributed by atoms with Gasteiger partial charge >= 0.3 is 0 Å². The number of nitrogens with zero attached hydrogens (tertiary/aromatic N) is 2. The fourth-order valence-corrected chi connectivity index (χ4v) is 2.72. The van der Waals surface area contributed by atoms with Crippen molar-refractivity contribution in [3.63, 3.8) is 0 Å². The molecular weight excluding hydrogens is 290 g/mol. The predicted octanol–water partition coefficient (Wildman–Crippen LogP) is 4.56. The van der Waals surface area contributed by atoms with Crippen LogP contribution in [-0.4, -0.2) is 14.8 Å². The summed E-state index contributed by atoms with van der Waals surface area (Å²) in [7, 11) is 0. The number of hydrogen-bond acceptors (Lipinski definition) is 2. The molecule has 0 spiro atoms. The average molecular weight is 302 g/mol. The van der Waals surface area contributed by atoms with E-state index in [9.17, 15) is 0 Å². The molecule has 20 heavy (non-hydrogen) atoms. The largest absolute Gasteiger partial charge is 0.266 e. The molecule has 3 nitrogen and oxygen atoms in total. The van der Waals surface area contributed by atoms with Crippen LogP contribution in [0, 0.1) is 11.7 Å². The van der Waals surface area contributed by atoms with Crippen molar-refractivity contribution in [1.82, 2.24) is 14.8 Å². The van der Waals surface area contributed by atoms with Crippen LogP contribution in [0.1, 0.15) is 5.56 Å². The van der Waals surface area contributed by atoms with Crippen molar-refractivity contribution in [2.45, 2.75) is 6.92 Å². The van der Waals surface area contributed by atoms with E-state index in [1.165, 1.54) is 0 Å². The molecule has 1 aromatic heterocycles. The zero-order valence-corrected chi connectivity index (χ0v) is 12.4. The molecule has 0 saturated carbocycles. The zero-order valence-electron chi connectivity index (χ0n) is 10.8. The molecule has 2 aromatic carbocycles. The van der Waals surface area contributed by atoms with Gasteiger partial charge in [-0.05, 0) is 30.8 Å². The molecule has 0 fully saturated rings. The number of rotatable bonds is 2. The van der Waals surface area contributed by atoms with Crippen LogP contribution in [0.4, 0.5) is 0 Å². The summed E-state index contributed by atoms with van der Waals surface area (Å²) in [6, 6.07) is 15.7. The van der Waals surface area contributed by atoms with Gasteiger partial charge < -0.3 is 0 Å². The summed E-state index contributed by atoms with van der Waals surface area (Å²) in [5, 5.41) is 7.83. The van der Waals surface area contributed by atoms with E-state index in [-0.39, 0.29) is 0 Å². The highest BCUT2D eigenvalue weighted by Gasteiger charge is 2.14. The monoisotopic (exact) mass is 301 g/mol. The Morgan fingerprint density at radius 2 is 1.85 bits per heavy atom. The summed E-state index contributed by atoms with van der Waals surface area (Å²) in [4.78, 5) is 0. The molecule has 3 rings (SSSR count). The first kappa shape index (κ1) is 13.1. The third-order valence-corrected chi connectivity index (χ3v) is 3.70. The maximum atomic E-state index is 6.34. The average Bonchev–Trinajstić information content (AvgIpc) is 2.82. The molecule has 0 bridgehead atoms. The molecule has 0 radical (unpaired) electrons. The molecule has 5 heteroatoms. The minimum absolute atomic E-state index is 0.528. The number of aryl methyl sites for hydroxylation is 1. The number of halogens is 1. The number of nitrogens with one attached hydrogen (secondary N) is 1. The summed E-state index contributed by atoms with van der Waals surface area (Å²) in [5.74, 6) is 0.756. The molecule has 0 aliphatic carbocycles. The zero-order chi connectivity index (χ0) is 14.1. The van der Waals surface area contributed by atoms with Crippen molar-refractivity contribution in [2.24, 2.45) is 0 Å². The number of H-pyrrole nitrogens is 1. The van der Waals surface area contributed by atoms with E-state index in [1.54, 1.807) is 0 Å². The van der Waals surface area contributed by atoms with Crippen molar-refractivity contribution in [3.05, 3.63) is 63.9 Å². The van der Waals surface area contributed by atoms with Gasteiger partial charge in [0, 0.05) is 5.56 Å². The lowest BCUT2D eigenvalue weighted by Crippen LogP contribution is -2.01. The van der Waals surface area contributed by atoms with Crippen molar-refractivity contribution < 1.29 is 0 Å². The molecular formula is C15H12ClN3S. The second-order valence-electron chi connectivity index (χ2n) is 4.46. The first-order valence-corrected chi connectivity index (χ1v) is 6.95. The molecule has 0 saturated heterocycles. The van der Waals surface area contributed by atoms with Crippen LogP contribution in [0.5, 0.6) is 0 Å². The first-order chi connectivity index (χ1) is 9.68. The molecule has 1 N–H and O–H groups in total. The Labute approximate surface area is 126 Å². The van der Waals surface area contributed by atoms with Crippen LogP contribution in [0.2, 0.25) is 5.02 Å². The molecule has 0 aliphatic heterocycles. The fourth-order valence-electron chi connectivity index (χ4n) is 2.19. The quantitative estimate of drug-likeness (QED) is 0.704. The van der Waals surface area contributed by atoms with Crippen LogP contribution in [0.25, 0.3) is 17.1 Å². The van der Waals surface area contributed by atoms with E-state index in [0.29, 0.717) is 9.79 Å². The minimum Gasteiger partial charge on any atom is -0.266 e. The summed E-state index contributed by atoms with van der Waals surface area (Å²) in [6.45, 7) is 2.00. The number of aromatic amines is 1. The highest BCUT2D eigenvalue weighted by Crippen LogP contribution is 2.28. The Kier molecular flexibility index (Phi) is 3.42. The Morgan fingerprint density at radius 1 is 1.10 bits per heavy atom. The Morgan fingerprint density at radius 3 is 2.55 bits per heavy atom. The summed E-state index contributed by atoms with van der Waals surface area (Å²) < 4.78 is 2.41. The van der Waals surface area contributed by atoms with E-state index in [0.717, 1.165) is 22.6 Å². The third kappa shape index (κ3) is 2.17. The lowest BCUT2D eigenvalue weighted by Gasteiger charge is -2.11. The Balaban J connectivity index is 2.31. The molecule has 100 valence electrons. The van der Waals surface area contributed by atoms with Crippen molar-refractivity contribution in [2.75, 3.05) is 0 Å². The van der Waals surface area contributed by atoms with Crippen molar-refractivity contribution in [3.8, 4) is 17.1 Å². The number of benzene rings is 2. The third-order valence-electron chi connectivity index (χ3n) is 3.12. The number of para-hydroxylation sites is 1. The maximum Gasteiger partial charge on any atom is 0.200 e. The van der Waals surface area contributed by atoms with Crippen LogP contribution >= 0.6 is 23.8 Å². The van der Waals surface area contributed by atoms with Gasteiger partial charge in [0.2, 0.25) is 0 Å². The topological polar surface area (TPSA) is 33.6 Å². The number of hydrogen-bond donors (Lipinski definition) is 1. The van der Waals surface area contributed by atoms with Gasteiger partial charge in [0.15, 0.2) is 10.6 Å². The standard InChI is InChI=1S/C15H12ClN3S/c1-10-6-5-9-12(16)13(10)19-14(17-18-15(19)20)11-7-3-2-4-8-11/h2-9H,1H3,(H,18,20). The van der Waals surface area contributed by atoms with Crippen molar-refractivity contribution >= 4 is 23.8 Å². The second kappa shape index (κ2) is 5.23. The highest BCUT2D eigenvalue weighted by molar-refractivity contribution is 7.71. The van der Waals surface area contributed by atoms with Gasteiger partial charge in [-0.25, -0.2) is 0 Å². The summed E-state index contributed by atoms with van der Waals surface area (Å²) in [6.07, 6.45) is 0. The van der Waals surface area contributed by atoms with Gasteiger partial charge in [0.25, 0.3) is 0 Å². The SMILES string of the molecule is Cc1cccc(Cl)c1-n1c(-c2ccccc2)n[nH]c1=S. The smallest absolute Gasteiger partial charge is 0.200 e. The Hall–Kier alpha value is -1.91. The molecule has 0 amide bonds. The van der Waals surface area contributed by atoms with Gasteiger partial charge in [0.05, 0.1) is 10.7 Å². The first-order valence-electron chi connectivity index (χ1n) is 6.17. The maximum absolute atomic E-state index is 6.34. The lowest BCUT2D eigenvalue weighted by molar-refractivity contribution is 1.02. The van der Waals surface area contributed by atoms with E-state index in [1.807, 2.05) is 60.0 Å². The number of aromatic nitrogens is 3. The van der Waals surface area contributed by atoms with E-state index in [4.69, 9.17) is 23.8 Å². The van der Waals surface area contributed by atoms with Gasteiger partial charge in [-0.1, -0.05) is 54.1 Å². The van der Waals surface area contributed by atoms with Crippen LogP contribution < -0.4 is 0 Å². The highest BCUT2D eigenvalue weighted by atomic mass is 35.5. The fraction of sp³-hybridized carbons (Fsp3) is 0.0667. The van der Waals surface area contributed by atoms with Gasteiger partial charge in [-0.2, -0.15) is 5.10 Å². The van der Waals surface area contributed by atoms with Gasteiger partial charge in [-0.3, -0.25) is 9.67 Å². The van der Waals surface area contributed by atoms with Crippen LogP contribution in [-0.2, 0) is 0 Å². The van der Waals surface area contributed by atoms with Gasteiger partial charge in [0.1, 0.15) is 0 Å². The van der Waals surface area contributed by atoms with Gasteiger partial charge in [-0.15, -0.1) is 0 Å². The van der Waals surface area contributed by atoms with E-state index < -0.39 is 0 Å². The molecule has 0 aliphatic rings. The Bertz CT molecular complexity index is 785. The summed E-state index contributed by atoms with van der Waals surface area (Å²) in [5.41, 5.74) is 2.90. The van der Waals surface area contributed by atoms with Crippen LogP contribution in [0.15, 0.2) is 48.5 Å². The normalized spacial score (nSPS) is 10.7.